The van der Waals surface area contributed by atoms with Gasteiger partial charge in [-0.25, -0.2) is 0 Å². The number of nitrogens with one attached hydrogen (secondary N) is 1. The molecule has 0 saturated heterocycles. The van der Waals surface area contributed by atoms with Crippen molar-refractivity contribution in [3.8, 4) is 34.3 Å². The standard InChI is InChI=1S/C44H46N4O5/c1-47-36-16-10-9-15-34(36)42(46-47)31-20-17-29(18-21-31)28-45-44(49)43(32-12-7-6-8-13-32)48-23-11-14-33-26-40(52-4)41(53-5)27-35(33)37(48)24-30-19-22-38(50-2)39(25-30)51-3/h6-10,12-13,15-22,25-27,37,43H,11,14,23-24,28H2,1-5H3,(H,45,49). The Labute approximate surface area is 311 Å². The van der Waals surface area contributed by atoms with E-state index in [-0.39, 0.29) is 11.9 Å². The van der Waals surface area contributed by atoms with Crippen LogP contribution in [0.2, 0.25) is 0 Å². The summed E-state index contributed by atoms with van der Waals surface area (Å²) in [6.07, 6.45) is 2.34. The smallest absolute Gasteiger partial charge is 0.242 e. The SMILES string of the molecule is COc1ccc(CC2c3cc(OC)c(OC)cc3CCCN2C(C(=O)NCc2ccc(-c3nn(C)c4ccccc34)cc2)c2ccccc2)cc1OC. The molecular formula is C44H46N4O5. The third-order valence-electron chi connectivity index (χ3n) is 10.3. The molecule has 1 amide bonds. The van der Waals surface area contributed by atoms with Crippen LogP contribution in [-0.4, -0.2) is 55.6 Å². The minimum atomic E-state index is -0.556. The highest BCUT2D eigenvalue weighted by Gasteiger charge is 2.36. The quantitative estimate of drug-likeness (QED) is 0.138. The lowest BCUT2D eigenvalue weighted by molar-refractivity contribution is -0.128. The first kappa shape index (κ1) is 35.6. The van der Waals surface area contributed by atoms with E-state index in [4.69, 9.17) is 24.0 Å². The number of rotatable bonds is 12. The highest BCUT2D eigenvalue weighted by molar-refractivity contribution is 5.93. The second-order valence-corrected chi connectivity index (χ2v) is 13.4. The van der Waals surface area contributed by atoms with Gasteiger partial charge in [-0.15, -0.1) is 0 Å². The monoisotopic (exact) mass is 710 g/mol. The Balaban J connectivity index is 1.22. The molecule has 0 aliphatic carbocycles. The molecule has 0 saturated carbocycles. The lowest BCUT2D eigenvalue weighted by atomic mass is 9.91. The van der Waals surface area contributed by atoms with E-state index in [1.165, 1.54) is 5.56 Å². The fourth-order valence-electron chi connectivity index (χ4n) is 7.64. The van der Waals surface area contributed by atoms with Gasteiger partial charge >= 0.3 is 0 Å². The van der Waals surface area contributed by atoms with Gasteiger partial charge in [0, 0.05) is 37.1 Å². The Bertz CT molecular complexity index is 2200. The number of carbonyl (C=O) groups excluding carboxylic acids is 1. The third-order valence-corrected chi connectivity index (χ3v) is 10.3. The first-order chi connectivity index (χ1) is 25.9. The molecule has 9 heteroatoms. The summed E-state index contributed by atoms with van der Waals surface area (Å²) in [5.41, 5.74) is 8.37. The number of para-hydroxylation sites is 1. The molecule has 2 heterocycles. The van der Waals surface area contributed by atoms with Crippen LogP contribution in [0.5, 0.6) is 23.0 Å². The molecule has 1 aliphatic heterocycles. The van der Waals surface area contributed by atoms with Crippen LogP contribution in [0.1, 0.15) is 46.3 Å². The highest BCUT2D eigenvalue weighted by atomic mass is 16.5. The van der Waals surface area contributed by atoms with E-state index in [0.717, 1.165) is 57.3 Å². The van der Waals surface area contributed by atoms with Gasteiger partial charge < -0.3 is 24.3 Å². The predicted octanol–water partition coefficient (Wildman–Crippen LogP) is 7.86. The van der Waals surface area contributed by atoms with Gasteiger partial charge in [0.15, 0.2) is 23.0 Å². The molecule has 1 aromatic heterocycles. The summed E-state index contributed by atoms with van der Waals surface area (Å²) in [5, 5.41) is 9.21. The zero-order chi connectivity index (χ0) is 36.9. The molecule has 6 aromatic rings. The third kappa shape index (κ3) is 7.30. The molecule has 1 aliphatic rings. The van der Waals surface area contributed by atoms with Crippen LogP contribution in [0.25, 0.3) is 22.2 Å². The van der Waals surface area contributed by atoms with Crippen molar-refractivity contribution in [2.24, 2.45) is 7.05 Å². The van der Waals surface area contributed by atoms with E-state index >= 15 is 0 Å². The van der Waals surface area contributed by atoms with Crippen molar-refractivity contribution in [3.05, 3.63) is 137 Å². The number of ether oxygens (including phenoxy) is 4. The molecule has 0 radical (unpaired) electrons. The number of hydrogen-bond acceptors (Lipinski definition) is 7. The zero-order valence-electron chi connectivity index (χ0n) is 31.0. The molecule has 5 aromatic carbocycles. The van der Waals surface area contributed by atoms with E-state index in [1.807, 2.05) is 66.3 Å². The molecule has 2 atom stereocenters. The van der Waals surface area contributed by atoms with Crippen LogP contribution < -0.4 is 24.3 Å². The minimum absolute atomic E-state index is 0.0581. The normalized spacial score (nSPS) is 14.9. The number of hydrogen-bond donors (Lipinski definition) is 1. The first-order valence-corrected chi connectivity index (χ1v) is 18.0. The molecule has 7 rings (SSSR count). The molecule has 9 nitrogen and oxygen atoms in total. The fraction of sp³-hybridized carbons (Fsp3) is 0.273. The Morgan fingerprint density at radius 3 is 2.17 bits per heavy atom. The molecule has 0 fully saturated rings. The van der Waals surface area contributed by atoms with Gasteiger partial charge in [-0.3, -0.25) is 14.4 Å². The number of aryl methyl sites for hydroxylation is 2. The summed E-state index contributed by atoms with van der Waals surface area (Å²) in [5.74, 6) is 2.63. The number of fused-ring (bicyclic) bond motifs is 2. The average molecular weight is 711 g/mol. The van der Waals surface area contributed by atoms with E-state index in [2.05, 4.69) is 64.8 Å². The summed E-state index contributed by atoms with van der Waals surface area (Å²) >= 11 is 0. The molecule has 53 heavy (non-hydrogen) atoms. The average Bonchev–Trinajstić information content (AvgIpc) is 3.45. The van der Waals surface area contributed by atoms with Gasteiger partial charge in [0.25, 0.3) is 0 Å². The number of nitrogens with zero attached hydrogens (tertiary/aromatic N) is 3. The lowest BCUT2D eigenvalue weighted by Gasteiger charge is -2.37. The van der Waals surface area contributed by atoms with Gasteiger partial charge in [0.1, 0.15) is 11.7 Å². The van der Waals surface area contributed by atoms with Crippen LogP contribution >= 0.6 is 0 Å². The number of aromatic nitrogens is 2. The molecular weight excluding hydrogens is 665 g/mol. The van der Waals surface area contributed by atoms with Gasteiger partial charge in [0.2, 0.25) is 5.91 Å². The predicted molar refractivity (Wildman–Crippen MR) is 208 cm³/mol. The maximum atomic E-state index is 14.6. The Hall–Kier alpha value is -5.80. The molecule has 1 N–H and O–H groups in total. The van der Waals surface area contributed by atoms with Crippen molar-refractivity contribution in [1.82, 2.24) is 20.0 Å². The van der Waals surface area contributed by atoms with Gasteiger partial charge in [-0.1, -0.05) is 78.9 Å². The van der Waals surface area contributed by atoms with Crippen molar-refractivity contribution < 1.29 is 23.7 Å². The summed E-state index contributed by atoms with van der Waals surface area (Å²) in [6.45, 7) is 1.10. The van der Waals surface area contributed by atoms with E-state index in [0.29, 0.717) is 42.5 Å². The molecule has 0 spiro atoms. The highest BCUT2D eigenvalue weighted by Crippen LogP contribution is 2.43. The van der Waals surface area contributed by atoms with E-state index in [9.17, 15) is 4.79 Å². The number of carbonyl (C=O) groups is 1. The van der Waals surface area contributed by atoms with Gasteiger partial charge in [-0.2, -0.15) is 5.10 Å². The van der Waals surface area contributed by atoms with Gasteiger partial charge in [-0.05, 0) is 77.4 Å². The number of methoxy groups -OCH3 is 4. The van der Waals surface area contributed by atoms with Crippen molar-refractivity contribution >= 4 is 16.8 Å². The van der Waals surface area contributed by atoms with Crippen LogP contribution in [-0.2, 0) is 31.2 Å². The summed E-state index contributed by atoms with van der Waals surface area (Å²) < 4.78 is 24.7. The summed E-state index contributed by atoms with van der Waals surface area (Å²) in [7, 11) is 8.58. The molecule has 0 bridgehead atoms. The van der Waals surface area contributed by atoms with Crippen LogP contribution in [0.15, 0.2) is 109 Å². The maximum absolute atomic E-state index is 14.6. The minimum Gasteiger partial charge on any atom is -0.493 e. The Morgan fingerprint density at radius 1 is 0.774 bits per heavy atom. The maximum Gasteiger partial charge on any atom is 0.242 e. The second kappa shape index (κ2) is 15.8. The number of amides is 1. The van der Waals surface area contributed by atoms with Crippen LogP contribution in [0.3, 0.4) is 0 Å². The molecule has 2 unspecified atom stereocenters. The summed E-state index contributed by atoms with van der Waals surface area (Å²) in [4.78, 5) is 17.0. The van der Waals surface area contributed by atoms with Crippen molar-refractivity contribution in [3.63, 3.8) is 0 Å². The zero-order valence-corrected chi connectivity index (χ0v) is 31.0. The largest absolute Gasteiger partial charge is 0.493 e. The Kier molecular flexibility index (Phi) is 10.6. The van der Waals surface area contributed by atoms with Crippen LogP contribution in [0.4, 0.5) is 0 Å². The van der Waals surface area contributed by atoms with Crippen molar-refractivity contribution in [1.29, 1.82) is 0 Å². The van der Waals surface area contributed by atoms with Crippen molar-refractivity contribution in [2.75, 3.05) is 35.0 Å². The van der Waals surface area contributed by atoms with Gasteiger partial charge in [0.05, 0.1) is 34.0 Å². The second-order valence-electron chi connectivity index (χ2n) is 13.4. The first-order valence-electron chi connectivity index (χ1n) is 18.0. The molecule has 272 valence electrons. The fourth-order valence-corrected chi connectivity index (χ4v) is 7.64. The Morgan fingerprint density at radius 2 is 1.43 bits per heavy atom. The van der Waals surface area contributed by atoms with Crippen LogP contribution in [0, 0.1) is 0 Å². The topological polar surface area (TPSA) is 87.1 Å². The lowest BCUT2D eigenvalue weighted by Crippen LogP contribution is -2.43. The number of benzene rings is 5. The van der Waals surface area contributed by atoms with E-state index < -0.39 is 6.04 Å². The van der Waals surface area contributed by atoms with Crippen molar-refractivity contribution in [2.45, 2.75) is 37.9 Å². The summed E-state index contributed by atoms with van der Waals surface area (Å²) in [6, 6.07) is 36.1. The van der Waals surface area contributed by atoms with E-state index in [1.54, 1.807) is 28.4 Å².